The number of nitrogens with two attached hydrogens (primary N) is 1. The normalized spacial score (nSPS) is 14.7. The summed E-state index contributed by atoms with van der Waals surface area (Å²) in [4.78, 5) is 26.3. The number of H-pyrrole nitrogens is 1. The Kier molecular flexibility index (Phi) is 5.88. The number of fused-ring (bicyclic) bond motifs is 1. The Labute approximate surface area is 205 Å². The van der Waals surface area contributed by atoms with Gasteiger partial charge in [-0.15, -0.1) is 0 Å². The van der Waals surface area contributed by atoms with Crippen molar-refractivity contribution in [3.8, 4) is 22.8 Å². The summed E-state index contributed by atoms with van der Waals surface area (Å²) in [5.41, 5.74) is 8.79. The molecule has 1 aliphatic rings. The van der Waals surface area contributed by atoms with Crippen LogP contribution in [0.1, 0.15) is 33.2 Å². The van der Waals surface area contributed by atoms with Crippen molar-refractivity contribution in [3.05, 3.63) is 100 Å². The smallest absolute Gasteiger partial charge is 0.273 e. The van der Waals surface area contributed by atoms with Crippen molar-refractivity contribution in [2.45, 2.75) is 12.6 Å². The van der Waals surface area contributed by atoms with E-state index in [0.717, 1.165) is 11.1 Å². The first-order valence-electron chi connectivity index (χ1n) is 10.9. The molecular formula is C26H21ClN4O4. The number of phenols is 1. The summed E-state index contributed by atoms with van der Waals surface area (Å²) in [6, 6.07) is 20.8. The average Bonchev–Trinajstić information content (AvgIpc) is 3.39. The number of nitrogens with zero attached hydrogens (tertiary/aromatic N) is 2. The number of para-hydroxylation sites is 1. The molecule has 0 radical (unpaired) electrons. The third kappa shape index (κ3) is 4.20. The van der Waals surface area contributed by atoms with E-state index in [1.54, 1.807) is 47.4 Å². The lowest BCUT2D eigenvalue weighted by atomic mass is 9.95. The lowest BCUT2D eigenvalue weighted by molar-refractivity contribution is -0.119. The fourth-order valence-corrected chi connectivity index (χ4v) is 4.49. The van der Waals surface area contributed by atoms with Crippen LogP contribution in [0, 0.1) is 0 Å². The van der Waals surface area contributed by atoms with Crippen molar-refractivity contribution in [2.75, 3.05) is 6.61 Å². The first-order chi connectivity index (χ1) is 16.9. The van der Waals surface area contributed by atoms with Gasteiger partial charge in [-0.1, -0.05) is 54.1 Å². The van der Waals surface area contributed by atoms with E-state index in [1.165, 1.54) is 0 Å². The highest BCUT2D eigenvalue weighted by molar-refractivity contribution is 6.31. The quantitative estimate of drug-likeness (QED) is 0.362. The van der Waals surface area contributed by atoms with E-state index in [-0.39, 0.29) is 24.8 Å². The Morgan fingerprint density at radius 2 is 1.80 bits per heavy atom. The number of aromatic hydroxyl groups is 1. The molecule has 2 amide bonds. The zero-order valence-corrected chi connectivity index (χ0v) is 19.2. The van der Waals surface area contributed by atoms with Gasteiger partial charge in [0.1, 0.15) is 22.9 Å². The standard InChI is InChI=1S/C26H21ClN4O4/c27-19-7-3-1-5-16(19)13-31-25(15-9-11-17(12-10-15)35-14-21(28)33)22-23(29-30-24(22)26(31)34)18-6-2-4-8-20(18)32/h1-12,25,32H,13-14H2,(H2,28,33)(H,29,30). The minimum absolute atomic E-state index is 0.0627. The number of halogens is 1. The van der Waals surface area contributed by atoms with Gasteiger partial charge < -0.3 is 20.5 Å². The van der Waals surface area contributed by atoms with Crippen LogP contribution in [0.5, 0.6) is 11.5 Å². The second-order valence-electron chi connectivity index (χ2n) is 8.13. The number of benzene rings is 3. The number of aromatic nitrogens is 2. The van der Waals surface area contributed by atoms with Gasteiger partial charge in [-0.05, 0) is 41.5 Å². The number of carbonyl (C=O) groups excluding carboxylic acids is 2. The summed E-state index contributed by atoms with van der Waals surface area (Å²) >= 11 is 6.41. The minimum Gasteiger partial charge on any atom is -0.507 e. The molecule has 4 N–H and O–H groups in total. The summed E-state index contributed by atoms with van der Waals surface area (Å²) < 4.78 is 5.38. The van der Waals surface area contributed by atoms with Gasteiger partial charge in [-0.3, -0.25) is 14.7 Å². The molecule has 0 fully saturated rings. The molecule has 1 aromatic heterocycles. The molecule has 0 saturated heterocycles. The average molecular weight is 489 g/mol. The fourth-order valence-electron chi connectivity index (χ4n) is 4.30. The number of phenolic OH excluding ortho intramolecular Hbond substituents is 1. The Morgan fingerprint density at radius 1 is 1.09 bits per heavy atom. The van der Waals surface area contributed by atoms with E-state index in [1.807, 2.05) is 30.3 Å². The highest BCUT2D eigenvalue weighted by Crippen LogP contribution is 2.45. The summed E-state index contributed by atoms with van der Waals surface area (Å²) in [6.07, 6.45) is 0. The van der Waals surface area contributed by atoms with Crippen LogP contribution in [0.2, 0.25) is 5.02 Å². The Morgan fingerprint density at radius 3 is 2.51 bits per heavy atom. The number of nitrogens with one attached hydrogen (secondary N) is 1. The maximum atomic E-state index is 13.5. The van der Waals surface area contributed by atoms with E-state index < -0.39 is 11.9 Å². The molecule has 1 unspecified atom stereocenters. The molecule has 0 bridgehead atoms. The molecule has 0 aliphatic carbocycles. The van der Waals surface area contributed by atoms with Crippen LogP contribution in [0.3, 0.4) is 0 Å². The van der Waals surface area contributed by atoms with Crippen molar-refractivity contribution in [3.63, 3.8) is 0 Å². The van der Waals surface area contributed by atoms with Gasteiger partial charge in [0.25, 0.3) is 11.8 Å². The molecule has 176 valence electrons. The molecular weight excluding hydrogens is 468 g/mol. The Balaban J connectivity index is 1.60. The second-order valence-corrected chi connectivity index (χ2v) is 8.54. The summed E-state index contributed by atoms with van der Waals surface area (Å²) in [5, 5.41) is 18.3. The van der Waals surface area contributed by atoms with Crippen molar-refractivity contribution in [1.82, 2.24) is 15.1 Å². The van der Waals surface area contributed by atoms with Gasteiger partial charge in [0, 0.05) is 22.7 Å². The molecule has 35 heavy (non-hydrogen) atoms. The number of rotatable bonds is 7. The zero-order valence-electron chi connectivity index (χ0n) is 18.4. The lowest BCUT2D eigenvalue weighted by Crippen LogP contribution is -2.29. The van der Waals surface area contributed by atoms with Gasteiger partial charge in [-0.2, -0.15) is 5.10 Å². The van der Waals surface area contributed by atoms with Crippen molar-refractivity contribution in [2.24, 2.45) is 5.73 Å². The van der Waals surface area contributed by atoms with Gasteiger partial charge in [0.2, 0.25) is 0 Å². The third-order valence-electron chi connectivity index (χ3n) is 5.90. The summed E-state index contributed by atoms with van der Waals surface area (Å²) in [5.74, 6) is -0.263. The van der Waals surface area contributed by atoms with E-state index >= 15 is 0 Å². The second kappa shape index (κ2) is 9.15. The topological polar surface area (TPSA) is 122 Å². The van der Waals surface area contributed by atoms with Crippen LogP contribution in [-0.4, -0.2) is 38.6 Å². The number of hydrogen-bond donors (Lipinski definition) is 3. The Hall–Kier alpha value is -4.30. The van der Waals surface area contributed by atoms with E-state index in [0.29, 0.717) is 33.3 Å². The first-order valence-corrected chi connectivity index (χ1v) is 11.2. The number of primary amides is 1. The van der Waals surface area contributed by atoms with Crippen molar-refractivity contribution >= 4 is 23.4 Å². The molecule has 8 nitrogen and oxygen atoms in total. The van der Waals surface area contributed by atoms with Gasteiger partial charge in [0.15, 0.2) is 6.61 Å². The van der Waals surface area contributed by atoms with E-state index in [9.17, 15) is 14.7 Å². The van der Waals surface area contributed by atoms with Gasteiger partial charge in [0.05, 0.1) is 6.04 Å². The number of hydrogen-bond acceptors (Lipinski definition) is 5. The predicted octanol–water partition coefficient (Wildman–Crippen LogP) is 4.05. The minimum atomic E-state index is -0.572. The van der Waals surface area contributed by atoms with Crippen LogP contribution in [-0.2, 0) is 11.3 Å². The molecule has 2 heterocycles. The van der Waals surface area contributed by atoms with Crippen molar-refractivity contribution < 1.29 is 19.4 Å². The molecule has 0 saturated carbocycles. The van der Waals surface area contributed by atoms with Crippen LogP contribution in [0.15, 0.2) is 72.8 Å². The predicted molar refractivity (Wildman–Crippen MR) is 130 cm³/mol. The molecule has 9 heteroatoms. The van der Waals surface area contributed by atoms with E-state index in [2.05, 4.69) is 10.2 Å². The largest absolute Gasteiger partial charge is 0.507 e. The maximum Gasteiger partial charge on any atom is 0.273 e. The van der Waals surface area contributed by atoms with Crippen LogP contribution < -0.4 is 10.5 Å². The molecule has 4 aromatic rings. The number of ether oxygens (including phenoxy) is 1. The SMILES string of the molecule is NC(=O)COc1ccc(C2c3c(-c4ccccc4O)n[nH]c3C(=O)N2Cc2ccccc2Cl)cc1. The van der Waals surface area contributed by atoms with Crippen molar-refractivity contribution in [1.29, 1.82) is 0 Å². The number of carbonyl (C=O) groups is 2. The number of aromatic amines is 1. The summed E-state index contributed by atoms with van der Waals surface area (Å²) in [6.45, 7) is 0.0367. The number of amides is 2. The first kappa shape index (κ1) is 22.5. The molecule has 1 atom stereocenters. The molecule has 1 aliphatic heterocycles. The van der Waals surface area contributed by atoms with Crippen LogP contribution in [0.4, 0.5) is 0 Å². The van der Waals surface area contributed by atoms with Gasteiger partial charge >= 0.3 is 0 Å². The molecule has 0 spiro atoms. The Bertz CT molecular complexity index is 1420. The van der Waals surface area contributed by atoms with Gasteiger partial charge in [-0.25, -0.2) is 0 Å². The third-order valence-corrected chi connectivity index (χ3v) is 6.27. The van der Waals surface area contributed by atoms with E-state index in [4.69, 9.17) is 22.1 Å². The zero-order chi connectivity index (χ0) is 24.5. The molecule has 3 aromatic carbocycles. The molecule has 5 rings (SSSR count). The summed E-state index contributed by atoms with van der Waals surface area (Å²) in [7, 11) is 0. The van der Waals surface area contributed by atoms with Crippen LogP contribution >= 0.6 is 11.6 Å². The highest BCUT2D eigenvalue weighted by Gasteiger charge is 2.42. The lowest BCUT2D eigenvalue weighted by Gasteiger charge is -2.27. The maximum absolute atomic E-state index is 13.5. The highest BCUT2D eigenvalue weighted by atomic mass is 35.5. The van der Waals surface area contributed by atoms with Crippen LogP contribution in [0.25, 0.3) is 11.3 Å². The monoisotopic (exact) mass is 488 g/mol. The fraction of sp³-hybridized carbons (Fsp3) is 0.115.